The van der Waals surface area contributed by atoms with E-state index < -0.39 is 6.04 Å². The van der Waals surface area contributed by atoms with Gasteiger partial charge in [-0.3, -0.25) is 4.79 Å². The molecule has 1 fully saturated rings. The number of carbonyl (C=O) groups excluding carboxylic acids is 1. The Kier molecular flexibility index (Phi) is 3.12. The monoisotopic (exact) mass is 316 g/mol. The molecule has 0 spiro atoms. The van der Waals surface area contributed by atoms with Gasteiger partial charge in [-0.2, -0.15) is 0 Å². The van der Waals surface area contributed by atoms with Crippen molar-refractivity contribution >= 4 is 27.5 Å². The molecule has 19 heavy (non-hydrogen) atoms. The first-order chi connectivity index (χ1) is 9.18. The predicted octanol–water partition coefficient (Wildman–Crippen LogP) is 2.86. The average molecular weight is 317 g/mol. The van der Waals surface area contributed by atoms with Crippen LogP contribution in [-0.4, -0.2) is 11.9 Å². The van der Waals surface area contributed by atoms with Gasteiger partial charge in [0.1, 0.15) is 6.04 Å². The first-order valence-corrected chi connectivity index (χ1v) is 6.87. The predicted molar refractivity (Wildman–Crippen MR) is 78.8 cm³/mol. The molecule has 1 heterocycles. The summed E-state index contributed by atoms with van der Waals surface area (Å²) in [4.78, 5) is 13.8. The number of benzene rings is 2. The maximum Gasteiger partial charge on any atom is 0.247 e. The lowest BCUT2D eigenvalue weighted by molar-refractivity contribution is -0.126. The Bertz CT molecular complexity index is 597. The molecular weight excluding hydrogens is 304 g/mol. The zero-order valence-electron chi connectivity index (χ0n) is 10.2. The molecule has 1 amide bonds. The van der Waals surface area contributed by atoms with Gasteiger partial charge in [-0.05, 0) is 29.8 Å². The Labute approximate surface area is 120 Å². The number of hydrogen-bond acceptors (Lipinski definition) is 2. The fraction of sp³-hybridized carbons (Fsp3) is 0.133. The second-order valence-corrected chi connectivity index (χ2v) is 5.48. The molecule has 0 aliphatic carbocycles. The quantitative estimate of drug-likeness (QED) is 0.866. The largest absolute Gasteiger partial charge is 0.318 e. The summed E-state index contributed by atoms with van der Waals surface area (Å²) in [6.45, 7) is 0. The fourth-order valence-corrected chi connectivity index (χ4v) is 2.67. The number of hydrogen-bond donors (Lipinski definition) is 1. The van der Waals surface area contributed by atoms with Crippen molar-refractivity contribution in [2.24, 2.45) is 5.73 Å². The molecule has 0 bridgehead atoms. The fourth-order valence-electron chi connectivity index (χ4n) is 2.40. The summed E-state index contributed by atoms with van der Waals surface area (Å²) in [7, 11) is 0. The molecule has 3 rings (SSSR count). The molecule has 2 aromatic rings. The minimum Gasteiger partial charge on any atom is -0.318 e. The summed E-state index contributed by atoms with van der Waals surface area (Å²) in [6, 6.07) is 17.0. The molecule has 2 aromatic carbocycles. The number of amides is 1. The zero-order valence-corrected chi connectivity index (χ0v) is 11.7. The summed E-state index contributed by atoms with van der Waals surface area (Å²) < 4.78 is 1.02. The van der Waals surface area contributed by atoms with Crippen LogP contribution in [0.25, 0.3) is 0 Å². The molecule has 2 atom stereocenters. The summed E-state index contributed by atoms with van der Waals surface area (Å²) >= 11 is 3.41. The van der Waals surface area contributed by atoms with E-state index in [0.29, 0.717) is 0 Å². The molecule has 1 saturated heterocycles. The first-order valence-electron chi connectivity index (χ1n) is 6.07. The van der Waals surface area contributed by atoms with Gasteiger partial charge in [0.05, 0.1) is 6.04 Å². The van der Waals surface area contributed by atoms with E-state index in [-0.39, 0.29) is 11.9 Å². The number of rotatable bonds is 2. The van der Waals surface area contributed by atoms with Crippen molar-refractivity contribution in [3.8, 4) is 0 Å². The van der Waals surface area contributed by atoms with Crippen LogP contribution in [0.1, 0.15) is 11.6 Å². The van der Waals surface area contributed by atoms with E-state index in [9.17, 15) is 4.79 Å². The summed E-state index contributed by atoms with van der Waals surface area (Å²) in [6.07, 6.45) is 0. The third-order valence-corrected chi connectivity index (χ3v) is 3.92. The van der Waals surface area contributed by atoms with Gasteiger partial charge in [-0.15, -0.1) is 0 Å². The number of halogens is 1. The molecule has 0 saturated carbocycles. The van der Waals surface area contributed by atoms with Crippen molar-refractivity contribution in [2.75, 3.05) is 4.90 Å². The van der Waals surface area contributed by atoms with Crippen LogP contribution in [0.2, 0.25) is 0 Å². The standard InChI is InChI=1S/C15H13BrN2O/c16-11-8-6-10(7-9-11)14-13(17)15(19)18(14)12-4-2-1-3-5-12/h1-9,13-14H,17H2/t13-,14-/m0/s1. The normalized spacial score (nSPS) is 22.2. The van der Waals surface area contributed by atoms with E-state index in [0.717, 1.165) is 15.7 Å². The zero-order chi connectivity index (χ0) is 13.4. The first kappa shape index (κ1) is 12.4. The lowest BCUT2D eigenvalue weighted by Gasteiger charge is -2.45. The highest BCUT2D eigenvalue weighted by atomic mass is 79.9. The van der Waals surface area contributed by atoms with Gasteiger partial charge < -0.3 is 10.6 Å². The van der Waals surface area contributed by atoms with Crippen LogP contribution in [0.5, 0.6) is 0 Å². The molecule has 0 aromatic heterocycles. The van der Waals surface area contributed by atoms with E-state index in [1.54, 1.807) is 4.90 Å². The SMILES string of the molecule is N[C@@H]1C(=O)N(c2ccccc2)[C@H]1c1ccc(Br)cc1. The second kappa shape index (κ2) is 4.79. The Morgan fingerprint density at radius 3 is 2.26 bits per heavy atom. The summed E-state index contributed by atoms with van der Waals surface area (Å²) in [5, 5.41) is 0. The van der Waals surface area contributed by atoms with E-state index >= 15 is 0 Å². The number of anilines is 1. The van der Waals surface area contributed by atoms with Crippen molar-refractivity contribution in [1.82, 2.24) is 0 Å². The van der Waals surface area contributed by atoms with Crippen LogP contribution in [0.3, 0.4) is 0 Å². The maximum absolute atomic E-state index is 12.0. The van der Waals surface area contributed by atoms with Crippen LogP contribution < -0.4 is 10.6 Å². The van der Waals surface area contributed by atoms with Gasteiger partial charge in [0, 0.05) is 10.2 Å². The second-order valence-electron chi connectivity index (χ2n) is 4.57. The van der Waals surface area contributed by atoms with Gasteiger partial charge >= 0.3 is 0 Å². The number of nitrogens with two attached hydrogens (primary N) is 1. The van der Waals surface area contributed by atoms with Crippen molar-refractivity contribution in [3.63, 3.8) is 0 Å². The van der Waals surface area contributed by atoms with E-state index in [2.05, 4.69) is 15.9 Å². The number of carbonyl (C=O) groups is 1. The van der Waals surface area contributed by atoms with Crippen LogP contribution in [0.4, 0.5) is 5.69 Å². The topological polar surface area (TPSA) is 46.3 Å². The van der Waals surface area contributed by atoms with Gasteiger partial charge in [0.15, 0.2) is 0 Å². The van der Waals surface area contributed by atoms with E-state index in [1.165, 1.54) is 0 Å². The van der Waals surface area contributed by atoms with Gasteiger partial charge in [0.25, 0.3) is 0 Å². The van der Waals surface area contributed by atoms with Crippen molar-refractivity contribution in [1.29, 1.82) is 0 Å². The summed E-state index contributed by atoms with van der Waals surface area (Å²) in [5.41, 5.74) is 7.91. The van der Waals surface area contributed by atoms with Crippen molar-refractivity contribution in [3.05, 3.63) is 64.6 Å². The molecule has 1 aliphatic heterocycles. The molecule has 0 unspecified atom stereocenters. The molecule has 4 heteroatoms. The van der Waals surface area contributed by atoms with Gasteiger partial charge in [-0.1, -0.05) is 46.3 Å². The average Bonchev–Trinajstić information content (AvgIpc) is 2.46. The molecule has 1 aliphatic rings. The third kappa shape index (κ3) is 2.07. The number of nitrogens with zero attached hydrogens (tertiary/aromatic N) is 1. The van der Waals surface area contributed by atoms with Crippen LogP contribution >= 0.6 is 15.9 Å². The Balaban J connectivity index is 1.96. The highest BCUT2D eigenvalue weighted by Gasteiger charge is 2.46. The highest BCUT2D eigenvalue weighted by Crippen LogP contribution is 2.38. The minimum atomic E-state index is -0.457. The van der Waals surface area contributed by atoms with Crippen LogP contribution in [0, 0.1) is 0 Å². The van der Waals surface area contributed by atoms with E-state index in [4.69, 9.17) is 5.73 Å². The molecular formula is C15H13BrN2O. The van der Waals surface area contributed by atoms with Crippen LogP contribution in [-0.2, 0) is 4.79 Å². The smallest absolute Gasteiger partial charge is 0.247 e. The highest BCUT2D eigenvalue weighted by molar-refractivity contribution is 9.10. The van der Waals surface area contributed by atoms with Crippen molar-refractivity contribution in [2.45, 2.75) is 12.1 Å². The Morgan fingerprint density at radius 1 is 1.00 bits per heavy atom. The molecule has 0 radical (unpaired) electrons. The van der Waals surface area contributed by atoms with Crippen LogP contribution in [0.15, 0.2) is 59.1 Å². The molecule has 2 N–H and O–H groups in total. The Hall–Kier alpha value is -1.65. The Morgan fingerprint density at radius 2 is 1.63 bits per heavy atom. The van der Waals surface area contributed by atoms with Crippen molar-refractivity contribution < 1.29 is 4.79 Å². The maximum atomic E-state index is 12.0. The lowest BCUT2D eigenvalue weighted by atomic mass is 9.88. The van der Waals surface area contributed by atoms with Gasteiger partial charge in [-0.25, -0.2) is 0 Å². The number of para-hydroxylation sites is 1. The van der Waals surface area contributed by atoms with Gasteiger partial charge in [0.2, 0.25) is 5.91 Å². The van der Waals surface area contributed by atoms with E-state index in [1.807, 2.05) is 54.6 Å². The lowest BCUT2D eigenvalue weighted by Crippen LogP contribution is -2.63. The summed E-state index contributed by atoms with van der Waals surface area (Å²) in [5.74, 6) is -0.0286. The minimum absolute atomic E-state index is 0.0286. The molecule has 96 valence electrons. The number of β-lactam (4-membered cyclic amide) rings is 1. The third-order valence-electron chi connectivity index (χ3n) is 3.39. The molecule has 3 nitrogen and oxygen atoms in total.